The van der Waals surface area contributed by atoms with Gasteiger partial charge in [-0.2, -0.15) is 0 Å². The van der Waals surface area contributed by atoms with Gasteiger partial charge < -0.3 is 4.98 Å². The number of Topliss-reactive ketones (excluding diaryl/α,β-unsaturated/α-hetero) is 1. The summed E-state index contributed by atoms with van der Waals surface area (Å²) in [6.07, 6.45) is 1.23. The Balaban J connectivity index is 1.95. The van der Waals surface area contributed by atoms with Gasteiger partial charge in [0.1, 0.15) is 0 Å². The van der Waals surface area contributed by atoms with Crippen molar-refractivity contribution in [2.45, 2.75) is 13.5 Å². The molecule has 2 aromatic rings. The molecule has 1 aromatic carbocycles. The normalized spacial score (nSPS) is 10.8. The highest BCUT2D eigenvalue weighted by molar-refractivity contribution is 5.96. The third-order valence-corrected chi connectivity index (χ3v) is 3.17. The van der Waals surface area contributed by atoms with Gasteiger partial charge >= 0.3 is 0 Å². The van der Waals surface area contributed by atoms with Crippen LogP contribution in [-0.4, -0.2) is 34.2 Å². The summed E-state index contributed by atoms with van der Waals surface area (Å²) < 4.78 is 0. The molecule has 0 radical (unpaired) electrons. The van der Waals surface area contributed by atoms with Crippen LogP contribution in [0.25, 0.3) is 0 Å². The number of aromatic nitrogens is 1. The highest BCUT2D eigenvalue weighted by Gasteiger charge is 2.15. The third-order valence-electron chi connectivity index (χ3n) is 3.17. The molecule has 1 heterocycles. The van der Waals surface area contributed by atoms with Crippen molar-refractivity contribution in [2.24, 2.45) is 0 Å². The number of H-pyrrole nitrogens is 1. The van der Waals surface area contributed by atoms with Crippen LogP contribution in [-0.2, 0) is 6.54 Å². The van der Waals surface area contributed by atoms with E-state index in [1.165, 1.54) is 17.8 Å². The molecule has 21 heavy (non-hydrogen) atoms. The summed E-state index contributed by atoms with van der Waals surface area (Å²) in [7, 11) is 1.84. The van der Waals surface area contributed by atoms with Crippen LogP contribution in [0.1, 0.15) is 21.6 Å². The Morgan fingerprint density at radius 3 is 2.57 bits per heavy atom. The second-order valence-electron chi connectivity index (χ2n) is 5.11. The van der Waals surface area contributed by atoms with Crippen molar-refractivity contribution in [3.63, 3.8) is 0 Å². The molecule has 0 bridgehead atoms. The fourth-order valence-electron chi connectivity index (χ4n) is 2.04. The van der Waals surface area contributed by atoms with Crippen LogP contribution in [0.5, 0.6) is 0 Å². The van der Waals surface area contributed by atoms with Gasteiger partial charge in [-0.25, -0.2) is 0 Å². The number of carbonyl (C=O) groups is 1. The van der Waals surface area contributed by atoms with Crippen LogP contribution < -0.4 is 0 Å². The predicted octanol–water partition coefficient (Wildman–Crippen LogP) is 2.55. The fraction of sp³-hybridized carbons (Fsp3) is 0.267. The Morgan fingerprint density at radius 2 is 2.00 bits per heavy atom. The molecule has 0 saturated heterocycles. The number of nitrogens with one attached hydrogen (secondary N) is 1. The summed E-state index contributed by atoms with van der Waals surface area (Å²) in [6, 6.07) is 9.37. The lowest BCUT2D eigenvalue weighted by atomic mass is 10.1. The lowest BCUT2D eigenvalue weighted by Crippen LogP contribution is -2.25. The first-order chi connectivity index (χ1) is 9.95. The molecule has 6 nitrogen and oxygen atoms in total. The van der Waals surface area contributed by atoms with Gasteiger partial charge in [0.05, 0.1) is 23.4 Å². The minimum atomic E-state index is -0.525. The van der Waals surface area contributed by atoms with Crippen molar-refractivity contribution in [1.29, 1.82) is 0 Å². The molecular formula is C15H17N3O3. The van der Waals surface area contributed by atoms with Crippen LogP contribution in [0.15, 0.2) is 36.5 Å². The minimum absolute atomic E-state index is 0.0977. The van der Waals surface area contributed by atoms with E-state index in [0.717, 1.165) is 5.56 Å². The number of likely N-dealkylation sites (N-methyl/N-ethyl adjacent to an activating group) is 1. The maximum absolute atomic E-state index is 12.0. The van der Waals surface area contributed by atoms with Crippen LogP contribution in [0.2, 0.25) is 0 Å². The Morgan fingerprint density at radius 1 is 1.33 bits per heavy atom. The smallest absolute Gasteiger partial charge is 0.287 e. The molecule has 0 amide bonds. The van der Waals surface area contributed by atoms with Crippen LogP contribution in [0.3, 0.4) is 0 Å². The molecule has 0 fully saturated rings. The number of carbonyl (C=O) groups excluding carboxylic acids is 1. The summed E-state index contributed by atoms with van der Waals surface area (Å²) in [4.78, 5) is 26.6. The van der Waals surface area contributed by atoms with Gasteiger partial charge in [-0.3, -0.25) is 19.8 Å². The van der Waals surface area contributed by atoms with Gasteiger partial charge in [0.15, 0.2) is 5.78 Å². The molecule has 1 aromatic heterocycles. The molecule has 0 aliphatic carbocycles. The number of nitro groups is 1. The summed E-state index contributed by atoms with van der Waals surface area (Å²) in [5.41, 5.74) is 2.47. The van der Waals surface area contributed by atoms with Crippen molar-refractivity contribution in [2.75, 3.05) is 13.6 Å². The Kier molecular flexibility index (Phi) is 4.49. The van der Waals surface area contributed by atoms with E-state index in [1.807, 2.05) is 43.1 Å². The molecule has 0 unspecified atom stereocenters. The number of rotatable bonds is 6. The Labute approximate surface area is 122 Å². The number of hydrogen-bond acceptors (Lipinski definition) is 4. The first-order valence-corrected chi connectivity index (χ1v) is 6.56. The lowest BCUT2D eigenvalue weighted by Gasteiger charge is -2.15. The van der Waals surface area contributed by atoms with Crippen molar-refractivity contribution >= 4 is 11.5 Å². The first-order valence-electron chi connectivity index (χ1n) is 6.56. The molecule has 0 aliphatic heterocycles. The summed E-state index contributed by atoms with van der Waals surface area (Å²) >= 11 is 0. The van der Waals surface area contributed by atoms with E-state index in [4.69, 9.17) is 0 Å². The van der Waals surface area contributed by atoms with Gasteiger partial charge in [0.25, 0.3) is 5.69 Å². The van der Waals surface area contributed by atoms with Crippen LogP contribution in [0, 0.1) is 17.0 Å². The van der Waals surface area contributed by atoms with Gasteiger partial charge in [-0.05, 0) is 19.5 Å². The van der Waals surface area contributed by atoms with Crippen molar-refractivity contribution < 1.29 is 9.72 Å². The van der Waals surface area contributed by atoms with Gasteiger partial charge in [-0.15, -0.1) is 0 Å². The molecule has 0 aliphatic rings. The topological polar surface area (TPSA) is 79.2 Å². The zero-order chi connectivity index (χ0) is 15.4. The molecule has 2 rings (SSSR count). The predicted molar refractivity (Wildman–Crippen MR) is 79.3 cm³/mol. The molecule has 1 N–H and O–H groups in total. The standard InChI is InChI=1S/C15H17N3O3/c1-11-3-5-12(6-4-11)9-17(2)10-15(19)14-7-13(8-16-14)18(20)21/h3-8,16H,9-10H2,1-2H3. The molecule has 0 saturated carbocycles. The Bertz CT molecular complexity index is 646. The van der Waals surface area contributed by atoms with Crippen molar-refractivity contribution in [1.82, 2.24) is 9.88 Å². The maximum Gasteiger partial charge on any atom is 0.287 e. The van der Waals surface area contributed by atoms with E-state index < -0.39 is 4.92 Å². The summed E-state index contributed by atoms with van der Waals surface area (Å²) in [6.45, 7) is 2.87. The minimum Gasteiger partial charge on any atom is -0.353 e. The summed E-state index contributed by atoms with van der Waals surface area (Å²) in [5.74, 6) is -0.169. The van der Waals surface area contributed by atoms with Gasteiger partial charge in [0.2, 0.25) is 0 Å². The van der Waals surface area contributed by atoms with E-state index in [2.05, 4.69) is 4.98 Å². The second kappa shape index (κ2) is 6.32. The highest BCUT2D eigenvalue weighted by Crippen LogP contribution is 2.13. The number of aryl methyl sites for hydroxylation is 1. The third kappa shape index (κ3) is 4.00. The second-order valence-corrected chi connectivity index (χ2v) is 5.11. The molecule has 0 atom stereocenters. The fourth-order valence-corrected chi connectivity index (χ4v) is 2.04. The van der Waals surface area contributed by atoms with Crippen LogP contribution >= 0.6 is 0 Å². The monoisotopic (exact) mass is 287 g/mol. The quantitative estimate of drug-likeness (QED) is 0.503. The highest BCUT2D eigenvalue weighted by atomic mass is 16.6. The number of aromatic amines is 1. The first kappa shape index (κ1) is 14.9. The van der Waals surface area contributed by atoms with E-state index in [9.17, 15) is 14.9 Å². The molecule has 0 spiro atoms. The van der Waals surface area contributed by atoms with Crippen molar-refractivity contribution in [3.8, 4) is 0 Å². The number of hydrogen-bond donors (Lipinski definition) is 1. The average molecular weight is 287 g/mol. The van der Waals surface area contributed by atoms with Gasteiger partial charge in [-0.1, -0.05) is 29.8 Å². The van der Waals surface area contributed by atoms with Crippen LogP contribution in [0.4, 0.5) is 5.69 Å². The Hall–Kier alpha value is -2.47. The number of benzene rings is 1. The largest absolute Gasteiger partial charge is 0.353 e. The van der Waals surface area contributed by atoms with Crippen molar-refractivity contribution in [3.05, 3.63) is 63.5 Å². The lowest BCUT2D eigenvalue weighted by molar-refractivity contribution is -0.384. The zero-order valence-corrected chi connectivity index (χ0v) is 12.0. The molecule has 6 heteroatoms. The number of nitrogens with zero attached hydrogens (tertiary/aromatic N) is 2. The SMILES string of the molecule is Cc1ccc(CN(C)CC(=O)c2cc([N+](=O)[O-])c[nH]2)cc1. The van der Waals surface area contributed by atoms with E-state index in [0.29, 0.717) is 6.54 Å². The van der Waals surface area contributed by atoms with E-state index in [1.54, 1.807) is 0 Å². The average Bonchev–Trinajstić information content (AvgIpc) is 2.91. The molecular weight excluding hydrogens is 270 g/mol. The number of ketones is 1. The van der Waals surface area contributed by atoms with Gasteiger partial charge in [0, 0.05) is 12.6 Å². The van der Waals surface area contributed by atoms with E-state index in [-0.39, 0.29) is 23.7 Å². The zero-order valence-electron chi connectivity index (χ0n) is 12.0. The van der Waals surface area contributed by atoms with E-state index >= 15 is 0 Å². The molecule has 110 valence electrons. The maximum atomic E-state index is 12.0. The summed E-state index contributed by atoms with van der Waals surface area (Å²) in [5, 5.41) is 10.6.